The van der Waals surface area contributed by atoms with Crippen LogP contribution in [0.2, 0.25) is 0 Å². The summed E-state index contributed by atoms with van der Waals surface area (Å²) in [6.07, 6.45) is 2.96. The highest BCUT2D eigenvalue weighted by Gasteiger charge is 2.60. The van der Waals surface area contributed by atoms with Crippen molar-refractivity contribution in [3.8, 4) is 0 Å². The Labute approximate surface area is 118 Å². The van der Waals surface area contributed by atoms with Crippen molar-refractivity contribution in [1.29, 1.82) is 0 Å². The summed E-state index contributed by atoms with van der Waals surface area (Å²) in [5.74, 6) is -1.38. The van der Waals surface area contributed by atoms with Crippen LogP contribution in [0.5, 0.6) is 0 Å². The molecule has 3 fully saturated rings. The van der Waals surface area contributed by atoms with E-state index in [0.717, 1.165) is 12.8 Å². The summed E-state index contributed by atoms with van der Waals surface area (Å²) in [6, 6.07) is 0. The van der Waals surface area contributed by atoms with Gasteiger partial charge < -0.3 is 14.2 Å². The van der Waals surface area contributed by atoms with Gasteiger partial charge in [-0.3, -0.25) is 9.59 Å². The molecule has 0 bridgehead atoms. The number of ketones is 1. The second kappa shape index (κ2) is 5.11. The van der Waals surface area contributed by atoms with Gasteiger partial charge in [-0.15, -0.1) is 0 Å². The summed E-state index contributed by atoms with van der Waals surface area (Å²) in [6.45, 7) is 3.15. The van der Waals surface area contributed by atoms with Gasteiger partial charge in [-0.25, -0.2) is 0 Å². The van der Waals surface area contributed by atoms with Crippen LogP contribution < -0.4 is 0 Å². The molecule has 4 atom stereocenters. The summed E-state index contributed by atoms with van der Waals surface area (Å²) in [5.41, 5.74) is 0. The van der Waals surface area contributed by atoms with E-state index < -0.39 is 5.79 Å². The third-order valence-corrected chi connectivity index (χ3v) is 5.16. The van der Waals surface area contributed by atoms with Gasteiger partial charge in [0.1, 0.15) is 5.78 Å². The van der Waals surface area contributed by atoms with Crippen molar-refractivity contribution >= 4 is 11.8 Å². The van der Waals surface area contributed by atoms with Crippen LogP contribution in [0.3, 0.4) is 0 Å². The number of Topliss-reactive ketones (excluding diaryl/α,β-unsaturated/α-hetero) is 1. The molecule has 2 saturated carbocycles. The lowest BCUT2D eigenvalue weighted by molar-refractivity contribution is -0.249. The number of carbonyl (C=O) groups excluding carboxylic acids is 2. The Bertz CT molecular complexity index is 412. The van der Waals surface area contributed by atoms with Crippen molar-refractivity contribution in [3.05, 3.63) is 0 Å². The monoisotopic (exact) mass is 282 g/mol. The Kier molecular flexibility index (Phi) is 3.58. The molecule has 3 rings (SSSR count). The van der Waals surface area contributed by atoms with Gasteiger partial charge >= 0.3 is 5.97 Å². The number of rotatable bonds is 1. The molecular formula is C15H22O5. The molecule has 1 heterocycles. The van der Waals surface area contributed by atoms with E-state index in [9.17, 15) is 9.59 Å². The molecule has 1 aliphatic heterocycles. The Hall–Kier alpha value is -0.940. The molecule has 2 aliphatic carbocycles. The molecule has 0 amide bonds. The van der Waals surface area contributed by atoms with E-state index in [1.165, 1.54) is 7.11 Å². The predicted octanol–water partition coefficient (Wildman–Crippen LogP) is 1.54. The number of fused-ring (bicyclic) bond motifs is 2. The predicted molar refractivity (Wildman–Crippen MR) is 69.8 cm³/mol. The summed E-state index contributed by atoms with van der Waals surface area (Å²) in [4.78, 5) is 24.6. The maximum Gasteiger partial charge on any atom is 0.309 e. The van der Waals surface area contributed by atoms with Gasteiger partial charge in [-0.2, -0.15) is 0 Å². The number of hydrogen-bond donors (Lipinski definition) is 0. The van der Waals surface area contributed by atoms with E-state index in [1.807, 2.05) is 6.92 Å². The highest BCUT2D eigenvalue weighted by atomic mass is 16.7. The van der Waals surface area contributed by atoms with Crippen LogP contribution in [0.15, 0.2) is 0 Å². The molecule has 0 N–H and O–H groups in total. The molecule has 112 valence electrons. The molecule has 5 nitrogen and oxygen atoms in total. The van der Waals surface area contributed by atoms with Gasteiger partial charge in [0, 0.05) is 24.7 Å². The van der Waals surface area contributed by atoms with Crippen LogP contribution in [0.25, 0.3) is 0 Å². The molecule has 20 heavy (non-hydrogen) atoms. The Balaban J connectivity index is 1.97. The molecule has 1 spiro atoms. The summed E-state index contributed by atoms with van der Waals surface area (Å²) in [5, 5.41) is 0. The molecule has 0 aromatic rings. The zero-order chi connectivity index (χ0) is 14.3. The minimum Gasteiger partial charge on any atom is -0.469 e. The van der Waals surface area contributed by atoms with Gasteiger partial charge in [0.25, 0.3) is 0 Å². The van der Waals surface area contributed by atoms with Crippen molar-refractivity contribution in [1.82, 2.24) is 0 Å². The normalized spacial score (nSPS) is 39.6. The molecule has 0 unspecified atom stereocenters. The molecule has 0 aromatic carbocycles. The van der Waals surface area contributed by atoms with Crippen molar-refractivity contribution in [3.63, 3.8) is 0 Å². The standard InChI is InChI=1S/C15H22O5/c1-9-8-15(19-6-7-20-15)10-4-3-5-11(16)13(10)12(9)14(17)18-2/h9-10,12-13H,3-8H2,1-2H3/t9-,10-,12+,13+/m0/s1. The number of ether oxygens (including phenoxy) is 3. The van der Waals surface area contributed by atoms with Gasteiger partial charge in [0.2, 0.25) is 0 Å². The Morgan fingerprint density at radius 1 is 1.35 bits per heavy atom. The minimum atomic E-state index is -0.648. The third-order valence-electron chi connectivity index (χ3n) is 5.16. The minimum absolute atomic E-state index is 0.00782. The number of esters is 1. The van der Waals surface area contributed by atoms with Crippen LogP contribution in [0.1, 0.15) is 32.6 Å². The van der Waals surface area contributed by atoms with Crippen LogP contribution in [-0.4, -0.2) is 37.9 Å². The zero-order valence-corrected chi connectivity index (χ0v) is 12.1. The van der Waals surface area contributed by atoms with Gasteiger partial charge in [0.15, 0.2) is 5.79 Å². The first-order valence-corrected chi connectivity index (χ1v) is 7.47. The average molecular weight is 282 g/mol. The van der Waals surface area contributed by atoms with Gasteiger partial charge in [-0.05, 0) is 18.8 Å². The van der Waals surface area contributed by atoms with Crippen LogP contribution in [0, 0.1) is 23.7 Å². The van der Waals surface area contributed by atoms with Gasteiger partial charge in [-0.1, -0.05) is 6.92 Å². The smallest absolute Gasteiger partial charge is 0.309 e. The topological polar surface area (TPSA) is 61.8 Å². The Morgan fingerprint density at radius 3 is 2.70 bits per heavy atom. The fourth-order valence-corrected chi connectivity index (χ4v) is 4.41. The molecule has 1 saturated heterocycles. The summed E-state index contributed by atoms with van der Waals surface area (Å²) >= 11 is 0. The zero-order valence-electron chi connectivity index (χ0n) is 12.1. The largest absolute Gasteiger partial charge is 0.469 e. The highest BCUT2D eigenvalue weighted by Crippen LogP contribution is 2.53. The summed E-state index contributed by atoms with van der Waals surface area (Å²) in [7, 11) is 1.39. The van der Waals surface area contributed by atoms with E-state index in [4.69, 9.17) is 14.2 Å². The van der Waals surface area contributed by atoms with E-state index >= 15 is 0 Å². The molecule has 0 aromatic heterocycles. The van der Waals surface area contributed by atoms with Gasteiger partial charge in [0.05, 0.1) is 26.2 Å². The lowest BCUT2D eigenvalue weighted by Crippen LogP contribution is -2.57. The van der Waals surface area contributed by atoms with Crippen LogP contribution in [-0.2, 0) is 23.8 Å². The second-order valence-corrected chi connectivity index (χ2v) is 6.23. The van der Waals surface area contributed by atoms with Crippen LogP contribution >= 0.6 is 0 Å². The maximum atomic E-state index is 12.4. The van der Waals surface area contributed by atoms with Crippen molar-refractivity contribution in [2.75, 3.05) is 20.3 Å². The van der Waals surface area contributed by atoms with E-state index in [2.05, 4.69) is 0 Å². The summed E-state index contributed by atoms with van der Waals surface area (Å²) < 4.78 is 16.7. The lowest BCUT2D eigenvalue weighted by Gasteiger charge is -2.50. The molecule has 0 radical (unpaired) electrons. The van der Waals surface area contributed by atoms with Crippen molar-refractivity contribution < 1.29 is 23.8 Å². The van der Waals surface area contributed by atoms with E-state index in [-0.39, 0.29) is 35.4 Å². The first-order chi connectivity index (χ1) is 9.59. The van der Waals surface area contributed by atoms with Crippen LogP contribution in [0.4, 0.5) is 0 Å². The maximum absolute atomic E-state index is 12.4. The highest BCUT2D eigenvalue weighted by molar-refractivity contribution is 5.88. The molecule has 5 heteroatoms. The van der Waals surface area contributed by atoms with Crippen molar-refractivity contribution in [2.24, 2.45) is 23.7 Å². The van der Waals surface area contributed by atoms with E-state index in [0.29, 0.717) is 26.1 Å². The Morgan fingerprint density at radius 2 is 2.05 bits per heavy atom. The SMILES string of the molecule is COC(=O)[C@H]1[C@H]2C(=O)CCC[C@@H]2C2(C[C@@H]1C)OCCO2. The average Bonchev–Trinajstić information content (AvgIpc) is 2.88. The third kappa shape index (κ3) is 1.99. The number of hydrogen-bond acceptors (Lipinski definition) is 5. The quantitative estimate of drug-likeness (QED) is 0.683. The molecular weight excluding hydrogens is 260 g/mol. The number of methoxy groups -OCH3 is 1. The second-order valence-electron chi connectivity index (χ2n) is 6.23. The first-order valence-electron chi connectivity index (χ1n) is 7.47. The lowest BCUT2D eigenvalue weighted by atomic mass is 9.58. The first kappa shape index (κ1) is 14.0. The fraction of sp³-hybridized carbons (Fsp3) is 0.867. The fourth-order valence-electron chi connectivity index (χ4n) is 4.41. The van der Waals surface area contributed by atoms with E-state index in [1.54, 1.807) is 0 Å². The molecule has 3 aliphatic rings. The number of carbonyl (C=O) groups is 2. The van der Waals surface area contributed by atoms with Crippen molar-refractivity contribution in [2.45, 2.75) is 38.4 Å².